The van der Waals surface area contributed by atoms with E-state index in [-0.39, 0.29) is 0 Å². The Morgan fingerprint density at radius 2 is 2.17 bits per heavy atom. The summed E-state index contributed by atoms with van der Waals surface area (Å²) in [4.78, 5) is 3.93. The molecule has 3 nitrogen and oxygen atoms in total. The molecule has 0 aliphatic carbocycles. The van der Waals surface area contributed by atoms with Crippen molar-refractivity contribution in [2.24, 2.45) is 0 Å². The first kappa shape index (κ1) is 13.1. The van der Waals surface area contributed by atoms with Gasteiger partial charge in [-0.25, -0.2) is 4.98 Å². The number of anilines is 1. The fourth-order valence-corrected chi connectivity index (χ4v) is 2.40. The highest BCUT2D eigenvalue weighted by Crippen LogP contribution is 2.24. The molecule has 0 saturated heterocycles. The van der Waals surface area contributed by atoms with Crippen LogP contribution in [0.25, 0.3) is 0 Å². The average Bonchev–Trinajstić information content (AvgIpc) is 2.38. The van der Waals surface area contributed by atoms with Gasteiger partial charge in [0.25, 0.3) is 0 Å². The van der Waals surface area contributed by atoms with E-state index in [4.69, 9.17) is 16.9 Å². The van der Waals surface area contributed by atoms with Crippen molar-refractivity contribution in [2.45, 2.75) is 6.54 Å². The van der Waals surface area contributed by atoms with Crippen LogP contribution in [-0.2, 0) is 6.54 Å². The van der Waals surface area contributed by atoms with Crippen LogP contribution >= 0.6 is 34.2 Å². The van der Waals surface area contributed by atoms with Gasteiger partial charge in [0.2, 0.25) is 0 Å². The van der Waals surface area contributed by atoms with Crippen LogP contribution in [0.4, 0.5) is 5.69 Å². The number of rotatable bonds is 3. The van der Waals surface area contributed by atoms with E-state index in [0.717, 1.165) is 14.8 Å². The van der Waals surface area contributed by atoms with E-state index in [1.165, 1.54) is 0 Å². The Labute approximate surface area is 124 Å². The molecule has 0 fully saturated rings. The van der Waals surface area contributed by atoms with Gasteiger partial charge >= 0.3 is 0 Å². The number of benzene rings is 1. The summed E-state index contributed by atoms with van der Waals surface area (Å²) in [5, 5.41) is 12.7. The lowest BCUT2D eigenvalue weighted by Crippen LogP contribution is -2.00. The van der Waals surface area contributed by atoms with Gasteiger partial charge in [-0.3, -0.25) is 0 Å². The molecule has 0 amide bonds. The molecule has 0 aliphatic rings. The van der Waals surface area contributed by atoms with Crippen molar-refractivity contribution in [3.8, 4) is 6.07 Å². The number of pyridine rings is 1. The van der Waals surface area contributed by atoms with Crippen molar-refractivity contribution in [2.75, 3.05) is 5.32 Å². The van der Waals surface area contributed by atoms with Gasteiger partial charge in [0.1, 0.15) is 11.8 Å². The molecule has 0 spiro atoms. The van der Waals surface area contributed by atoms with Crippen LogP contribution < -0.4 is 5.32 Å². The number of halogens is 2. The maximum atomic E-state index is 8.77. The van der Waals surface area contributed by atoms with Crippen molar-refractivity contribution < 1.29 is 0 Å². The molecule has 1 aromatic heterocycles. The molecule has 1 aromatic carbocycles. The molecule has 0 aliphatic heterocycles. The van der Waals surface area contributed by atoms with Gasteiger partial charge in [0.05, 0.1) is 10.7 Å². The Bertz CT molecular complexity index is 607. The molecule has 90 valence electrons. The lowest BCUT2D eigenvalue weighted by atomic mass is 10.2. The van der Waals surface area contributed by atoms with Crippen LogP contribution in [0.5, 0.6) is 0 Å². The molecule has 0 saturated carbocycles. The molecule has 0 atom stereocenters. The third kappa shape index (κ3) is 3.34. The van der Waals surface area contributed by atoms with Gasteiger partial charge in [-0.05, 0) is 58.5 Å². The highest BCUT2D eigenvalue weighted by atomic mass is 127. The molecule has 1 N–H and O–H groups in total. The van der Waals surface area contributed by atoms with Crippen LogP contribution in [0.2, 0.25) is 5.02 Å². The molecular formula is C13H9ClIN3. The fourth-order valence-electron chi connectivity index (χ4n) is 1.48. The van der Waals surface area contributed by atoms with E-state index in [1.54, 1.807) is 12.3 Å². The van der Waals surface area contributed by atoms with Crippen LogP contribution in [0, 0.1) is 14.9 Å². The molecule has 2 aromatic rings. The first-order valence-corrected chi connectivity index (χ1v) is 6.68. The third-order valence-corrected chi connectivity index (χ3v) is 3.34. The van der Waals surface area contributed by atoms with Crippen LogP contribution in [-0.4, -0.2) is 4.98 Å². The second-order valence-corrected chi connectivity index (χ2v) is 5.29. The molecule has 5 heteroatoms. The van der Waals surface area contributed by atoms with Gasteiger partial charge in [0.15, 0.2) is 0 Å². The minimum atomic E-state index is 0.419. The average molecular weight is 370 g/mol. The standard InChI is InChI=1S/C13H9ClIN3/c14-12-6-10(15)1-2-13(12)18-8-9-3-4-17-11(5-9)7-16/h1-6,18H,8H2. The van der Waals surface area contributed by atoms with Gasteiger partial charge < -0.3 is 5.32 Å². The number of hydrogen-bond donors (Lipinski definition) is 1. The summed E-state index contributed by atoms with van der Waals surface area (Å²) in [7, 11) is 0. The van der Waals surface area contributed by atoms with E-state index in [2.05, 4.69) is 32.9 Å². The minimum Gasteiger partial charge on any atom is -0.380 e. The monoisotopic (exact) mass is 369 g/mol. The fraction of sp³-hybridized carbons (Fsp3) is 0.0769. The number of aromatic nitrogens is 1. The number of nitriles is 1. The van der Waals surface area contributed by atoms with Crippen LogP contribution in [0.1, 0.15) is 11.3 Å². The van der Waals surface area contributed by atoms with Gasteiger partial charge in [0, 0.05) is 16.3 Å². The van der Waals surface area contributed by atoms with E-state index in [0.29, 0.717) is 17.3 Å². The molecule has 18 heavy (non-hydrogen) atoms. The van der Waals surface area contributed by atoms with Gasteiger partial charge in [-0.15, -0.1) is 0 Å². The van der Waals surface area contributed by atoms with Gasteiger partial charge in [-0.2, -0.15) is 5.26 Å². The topological polar surface area (TPSA) is 48.7 Å². The largest absolute Gasteiger partial charge is 0.380 e. The van der Waals surface area contributed by atoms with Gasteiger partial charge in [-0.1, -0.05) is 11.6 Å². The Morgan fingerprint density at radius 3 is 2.89 bits per heavy atom. The van der Waals surface area contributed by atoms with E-state index in [9.17, 15) is 0 Å². The minimum absolute atomic E-state index is 0.419. The second kappa shape index (κ2) is 6.03. The smallest absolute Gasteiger partial charge is 0.140 e. The third-order valence-electron chi connectivity index (χ3n) is 2.35. The summed E-state index contributed by atoms with van der Waals surface area (Å²) in [6, 6.07) is 11.5. The molecule has 2 rings (SSSR count). The number of nitrogens with zero attached hydrogens (tertiary/aromatic N) is 2. The summed E-state index contributed by atoms with van der Waals surface area (Å²) in [6.45, 7) is 0.609. The normalized spacial score (nSPS) is 9.83. The van der Waals surface area contributed by atoms with Crippen molar-refractivity contribution in [1.82, 2.24) is 4.98 Å². The summed E-state index contributed by atoms with van der Waals surface area (Å²) >= 11 is 8.34. The summed E-state index contributed by atoms with van der Waals surface area (Å²) in [6.07, 6.45) is 1.63. The zero-order chi connectivity index (χ0) is 13.0. The summed E-state index contributed by atoms with van der Waals surface area (Å²) in [5.41, 5.74) is 2.30. The highest BCUT2D eigenvalue weighted by molar-refractivity contribution is 14.1. The van der Waals surface area contributed by atoms with Crippen LogP contribution in [0.15, 0.2) is 36.5 Å². The predicted molar refractivity (Wildman–Crippen MR) is 80.4 cm³/mol. The quantitative estimate of drug-likeness (QED) is 0.837. The van der Waals surface area contributed by atoms with Crippen LogP contribution in [0.3, 0.4) is 0 Å². The van der Waals surface area contributed by atoms with Crippen molar-refractivity contribution in [3.05, 3.63) is 56.4 Å². The molecule has 0 bridgehead atoms. The van der Waals surface area contributed by atoms with Crippen molar-refractivity contribution in [3.63, 3.8) is 0 Å². The zero-order valence-corrected chi connectivity index (χ0v) is 12.2. The first-order valence-electron chi connectivity index (χ1n) is 5.23. The Balaban J connectivity index is 2.09. The Morgan fingerprint density at radius 1 is 1.33 bits per heavy atom. The molecular weight excluding hydrogens is 361 g/mol. The maximum absolute atomic E-state index is 8.77. The first-order chi connectivity index (χ1) is 8.69. The second-order valence-electron chi connectivity index (χ2n) is 3.64. The molecule has 0 unspecified atom stereocenters. The van der Waals surface area contributed by atoms with E-state index < -0.39 is 0 Å². The number of nitrogens with one attached hydrogen (secondary N) is 1. The summed E-state index contributed by atoms with van der Waals surface area (Å²) < 4.78 is 1.10. The Hall–Kier alpha value is -1.32. The maximum Gasteiger partial charge on any atom is 0.140 e. The zero-order valence-electron chi connectivity index (χ0n) is 9.32. The Kier molecular flexibility index (Phi) is 4.39. The predicted octanol–water partition coefficient (Wildman–Crippen LogP) is 3.82. The van der Waals surface area contributed by atoms with Crippen molar-refractivity contribution >= 4 is 39.9 Å². The molecule has 0 radical (unpaired) electrons. The van der Waals surface area contributed by atoms with E-state index in [1.807, 2.05) is 30.3 Å². The lowest BCUT2D eigenvalue weighted by Gasteiger charge is -2.08. The SMILES string of the molecule is N#Cc1cc(CNc2ccc(I)cc2Cl)ccn1. The van der Waals surface area contributed by atoms with Crippen molar-refractivity contribution in [1.29, 1.82) is 5.26 Å². The van der Waals surface area contributed by atoms with E-state index >= 15 is 0 Å². The number of hydrogen-bond acceptors (Lipinski definition) is 3. The molecule has 1 heterocycles. The highest BCUT2D eigenvalue weighted by Gasteiger charge is 2.01. The summed E-state index contributed by atoms with van der Waals surface area (Å²) in [5.74, 6) is 0. The lowest BCUT2D eigenvalue weighted by molar-refractivity contribution is 1.12.